The molecule has 0 radical (unpaired) electrons. The number of rotatable bonds is 7. The number of nitrogens with zero attached hydrogens (tertiary/aromatic N) is 2. The molecule has 6 nitrogen and oxygen atoms in total. The Bertz CT molecular complexity index is 408. The van der Waals surface area contributed by atoms with Gasteiger partial charge in [0.05, 0.1) is 18.1 Å². The second-order valence-corrected chi connectivity index (χ2v) is 4.61. The molecule has 0 aliphatic heterocycles. The highest BCUT2D eigenvalue weighted by molar-refractivity contribution is 9.10. The zero-order chi connectivity index (χ0) is 13.5. The monoisotopic (exact) mass is 318 g/mol. The molecule has 0 fully saturated rings. The van der Waals surface area contributed by atoms with Crippen LogP contribution in [0, 0.1) is 10.1 Å². The Labute approximate surface area is 113 Å². The van der Waals surface area contributed by atoms with Crippen LogP contribution in [0.2, 0.25) is 0 Å². The molecule has 2 N–H and O–H groups in total. The minimum Gasteiger partial charge on any atom is -0.395 e. The summed E-state index contributed by atoms with van der Waals surface area (Å²) in [6, 6.07) is 4.56. The topological polar surface area (TPSA) is 86.8 Å². The number of nitro groups is 1. The summed E-state index contributed by atoms with van der Waals surface area (Å²) < 4.78 is 0.651. The van der Waals surface area contributed by atoms with Crippen LogP contribution in [-0.4, -0.2) is 46.3 Å². The molecule has 1 aromatic rings. The van der Waals surface area contributed by atoms with Gasteiger partial charge in [0.1, 0.15) is 0 Å². The minimum absolute atomic E-state index is 0.00456. The van der Waals surface area contributed by atoms with Gasteiger partial charge in [-0.05, 0) is 11.6 Å². The first kappa shape index (κ1) is 15.0. The van der Waals surface area contributed by atoms with Gasteiger partial charge in [-0.3, -0.25) is 15.0 Å². The molecule has 0 aromatic heterocycles. The lowest BCUT2D eigenvalue weighted by molar-refractivity contribution is -0.384. The highest BCUT2D eigenvalue weighted by atomic mass is 79.9. The van der Waals surface area contributed by atoms with E-state index in [1.54, 1.807) is 6.07 Å². The van der Waals surface area contributed by atoms with Crippen molar-refractivity contribution in [2.24, 2.45) is 0 Å². The molecule has 0 saturated heterocycles. The van der Waals surface area contributed by atoms with Gasteiger partial charge >= 0.3 is 0 Å². The zero-order valence-electron chi connectivity index (χ0n) is 9.75. The van der Waals surface area contributed by atoms with E-state index in [-0.39, 0.29) is 18.9 Å². The number of hydrogen-bond donors (Lipinski definition) is 2. The highest BCUT2D eigenvalue weighted by Crippen LogP contribution is 2.24. The third-order valence-corrected chi connectivity index (χ3v) is 3.21. The minimum atomic E-state index is -0.451. The van der Waals surface area contributed by atoms with Crippen molar-refractivity contribution in [2.75, 3.05) is 26.3 Å². The molecule has 7 heteroatoms. The molecular formula is C11H15BrN2O4. The normalized spacial score (nSPS) is 10.9. The van der Waals surface area contributed by atoms with Crippen molar-refractivity contribution in [3.8, 4) is 0 Å². The third kappa shape index (κ3) is 4.34. The Kier molecular flexibility index (Phi) is 6.20. The fourth-order valence-corrected chi connectivity index (χ4v) is 2.06. The maximum Gasteiger partial charge on any atom is 0.270 e. The molecule has 0 aliphatic carbocycles. The van der Waals surface area contributed by atoms with Crippen LogP contribution in [0.4, 0.5) is 5.69 Å². The van der Waals surface area contributed by atoms with Crippen LogP contribution in [0.15, 0.2) is 22.7 Å². The van der Waals surface area contributed by atoms with Crippen LogP contribution in [0.25, 0.3) is 0 Å². The standard InChI is InChI=1S/C11H15BrN2O4/c12-11-7-10(14(17)18)2-1-9(11)8-13(3-5-15)4-6-16/h1-2,7,15-16H,3-6,8H2. The Balaban J connectivity index is 2.79. The fraction of sp³-hybridized carbons (Fsp3) is 0.455. The van der Waals surface area contributed by atoms with Crippen LogP contribution in [0.5, 0.6) is 0 Å². The van der Waals surface area contributed by atoms with E-state index in [4.69, 9.17) is 10.2 Å². The quantitative estimate of drug-likeness (QED) is 0.581. The maximum atomic E-state index is 10.6. The van der Waals surface area contributed by atoms with E-state index in [1.807, 2.05) is 4.90 Å². The molecule has 0 saturated carbocycles. The van der Waals surface area contributed by atoms with Crippen molar-refractivity contribution in [1.82, 2.24) is 4.90 Å². The first-order valence-electron chi connectivity index (χ1n) is 5.45. The maximum absolute atomic E-state index is 10.6. The van der Waals surface area contributed by atoms with E-state index in [1.165, 1.54) is 12.1 Å². The number of benzene rings is 1. The van der Waals surface area contributed by atoms with Gasteiger partial charge in [0.25, 0.3) is 5.69 Å². The molecule has 1 aromatic carbocycles. The summed E-state index contributed by atoms with van der Waals surface area (Å²) in [5.41, 5.74) is 0.906. The van der Waals surface area contributed by atoms with Crippen molar-refractivity contribution in [1.29, 1.82) is 0 Å². The van der Waals surface area contributed by atoms with Gasteiger partial charge in [-0.15, -0.1) is 0 Å². The largest absolute Gasteiger partial charge is 0.395 e. The van der Waals surface area contributed by atoms with Gasteiger partial charge in [-0.1, -0.05) is 15.9 Å². The lowest BCUT2D eigenvalue weighted by Crippen LogP contribution is -2.29. The molecule has 100 valence electrons. The molecule has 0 unspecified atom stereocenters. The number of hydrogen-bond acceptors (Lipinski definition) is 5. The highest BCUT2D eigenvalue weighted by Gasteiger charge is 2.11. The second-order valence-electron chi connectivity index (χ2n) is 3.76. The first-order chi connectivity index (χ1) is 8.58. The number of non-ortho nitro benzene ring substituents is 1. The fourth-order valence-electron chi connectivity index (χ4n) is 1.57. The summed E-state index contributed by atoms with van der Waals surface area (Å²) in [5, 5.41) is 28.4. The first-order valence-corrected chi connectivity index (χ1v) is 6.24. The predicted molar refractivity (Wildman–Crippen MR) is 70.2 cm³/mol. The molecule has 0 aliphatic rings. The zero-order valence-corrected chi connectivity index (χ0v) is 11.3. The van der Waals surface area contributed by atoms with Gasteiger partial charge < -0.3 is 10.2 Å². The van der Waals surface area contributed by atoms with E-state index >= 15 is 0 Å². The third-order valence-electron chi connectivity index (χ3n) is 2.47. The lowest BCUT2D eigenvalue weighted by atomic mass is 10.2. The number of nitro benzene ring substituents is 1. The number of aliphatic hydroxyl groups excluding tert-OH is 2. The molecule has 18 heavy (non-hydrogen) atoms. The molecular weight excluding hydrogens is 304 g/mol. The van der Waals surface area contributed by atoms with Gasteiger partial charge in [0, 0.05) is 36.2 Å². The molecule has 1 rings (SSSR count). The van der Waals surface area contributed by atoms with Crippen LogP contribution in [0.3, 0.4) is 0 Å². The van der Waals surface area contributed by atoms with Gasteiger partial charge in [-0.2, -0.15) is 0 Å². The van der Waals surface area contributed by atoms with E-state index < -0.39 is 4.92 Å². The summed E-state index contributed by atoms with van der Waals surface area (Å²) in [6.07, 6.45) is 0. The van der Waals surface area contributed by atoms with Crippen molar-refractivity contribution < 1.29 is 15.1 Å². The Hall–Kier alpha value is -1.02. The summed E-state index contributed by atoms with van der Waals surface area (Å²) in [5.74, 6) is 0. The van der Waals surface area contributed by atoms with Gasteiger partial charge in [0.2, 0.25) is 0 Å². The Morgan fingerprint density at radius 1 is 1.28 bits per heavy atom. The molecule has 0 atom stereocenters. The van der Waals surface area contributed by atoms with Crippen molar-refractivity contribution >= 4 is 21.6 Å². The number of halogens is 1. The molecule has 0 bridgehead atoms. The summed E-state index contributed by atoms with van der Waals surface area (Å²) in [6.45, 7) is 1.42. The SMILES string of the molecule is O=[N+]([O-])c1ccc(CN(CCO)CCO)c(Br)c1. The van der Waals surface area contributed by atoms with E-state index in [2.05, 4.69) is 15.9 Å². The molecule has 0 spiro atoms. The van der Waals surface area contributed by atoms with E-state index in [0.29, 0.717) is 24.1 Å². The second kappa shape index (κ2) is 7.42. The number of aliphatic hydroxyl groups is 2. The van der Waals surface area contributed by atoms with E-state index in [0.717, 1.165) is 5.56 Å². The molecule has 0 amide bonds. The molecule has 0 heterocycles. The average Bonchev–Trinajstić information content (AvgIpc) is 2.32. The van der Waals surface area contributed by atoms with E-state index in [9.17, 15) is 10.1 Å². The van der Waals surface area contributed by atoms with Gasteiger partial charge in [-0.25, -0.2) is 0 Å². The summed E-state index contributed by atoms with van der Waals surface area (Å²) in [7, 11) is 0. The van der Waals surface area contributed by atoms with Crippen LogP contribution in [-0.2, 0) is 6.54 Å². The van der Waals surface area contributed by atoms with Crippen LogP contribution >= 0.6 is 15.9 Å². The summed E-state index contributed by atoms with van der Waals surface area (Å²) >= 11 is 3.29. The van der Waals surface area contributed by atoms with Crippen molar-refractivity contribution in [3.05, 3.63) is 38.3 Å². The predicted octanol–water partition coefficient (Wildman–Crippen LogP) is 1.14. The average molecular weight is 319 g/mol. The van der Waals surface area contributed by atoms with Gasteiger partial charge in [0.15, 0.2) is 0 Å². The van der Waals surface area contributed by atoms with Crippen molar-refractivity contribution in [3.63, 3.8) is 0 Å². The van der Waals surface area contributed by atoms with Crippen LogP contribution in [0.1, 0.15) is 5.56 Å². The summed E-state index contributed by atoms with van der Waals surface area (Å²) in [4.78, 5) is 12.0. The van der Waals surface area contributed by atoms with Crippen LogP contribution < -0.4 is 0 Å². The smallest absolute Gasteiger partial charge is 0.270 e. The lowest BCUT2D eigenvalue weighted by Gasteiger charge is -2.20. The Morgan fingerprint density at radius 3 is 2.33 bits per heavy atom. The Morgan fingerprint density at radius 2 is 1.89 bits per heavy atom. The van der Waals surface area contributed by atoms with Crippen molar-refractivity contribution in [2.45, 2.75) is 6.54 Å².